The summed E-state index contributed by atoms with van der Waals surface area (Å²) in [5.74, 6) is 0.987. The second-order valence-electron chi connectivity index (χ2n) is 10.8. The van der Waals surface area contributed by atoms with Gasteiger partial charge in [0.05, 0.1) is 17.1 Å². The number of hydrogen-bond acceptors (Lipinski definition) is 7. The molecule has 0 spiro atoms. The Labute approximate surface area is 226 Å². The lowest BCUT2D eigenvalue weighted by atomic mass is 10.1. The summed E-state index contributed by atoms with van der Waals surface area (Å²) >= 11 is 0. The van der Waals surface area contributed by atoms with Crippen molar-refractivity contribution in [2.75, 3.05) is 53.6 Å². The van der Waals surface area contributed by atoms with Gasteiger partial charge >= 0.3 is 0 Å². The summed E-state index contributed by atoms with van der Waals surface area (Å²) in [7, 11) is 4.06. The molecular formula is C30H51N5O2. The molecule has 2 aromatic rings. The molecule has 7 nitrogen and oxygen atoms in total. The van der Waals surface area contributed by atoms with Crippen LogP contribution in [0, 0.1) is 0 Å². The third kappa shape index (κ3) is 14.0. The monoisotopic (exact) mass is 513 g/mol. The number of rotatable bonds is 6. The number of aromatic nitrogens is 3. The summed E-state index contributed by atoms with van der Waals surface area (Å²) in [6.45, 7) is 17.0. The van der Waals surface area contributed by atoms with E-state index in [9.17, 15) is 0 Å². The Bertz CT molecular complexity index is 822. The second-order valence-corrected chi connectivity index (χ2v) is 10.8. The van der Waals surface area contributed by atoms with Crippen LogP contribution in [0.5, 0.6) is 0 Å². The normalized spacial score (nSPS) is 16.9. The van der Waals surface area contributed by atoms with Crippen LogP contribution in [-0.4, -0.2) is 78.4 Å². The van der Waals surface area contributed by atoms with Crippen LogP contribution in [0.1, 0.15) is 94.4 Å². The molecule has 0 aromatic carbocycles. The first-order valence-electron chi connectivity index (χ1n) is 14.1. The van der Waals surface area contributed by atoms with E-state index >= 15 is 0 Å². The van der Waals surface area contributed by atoms with Gasteiger partial charge in [0.15, 0.2) is 0 Å². The Morgan fingerprint density at radius 2 is 1.32 bits per heavy atom. The van der Waals surface area contributed by atoms with Crippen LogP contribution in [0.2, 0.25) is 0 Å². The maximum absolute atomic E-state index is 4.94. The van der Waals surface area contributed by atoms with Crippen LogP contribution >= 0.6 is 0 Å². The fourth-order valence-corrected chi connectivity index (χ4v) is 3.80. The standard InChI is InChI=1S/C12H18N2.C10H17N3.2C4H8O/c1-10(2)12-6-3-5-11(13-12)9-14-7-4-8-14;1-8(2)10-6-11-5-9(12-10)7-13(3)4;2*1-2-4-5-3-1/h3,5-6,10H,4,7-9H2,1-2H3;5-6,8H,7H2,1-4H3;2*1-4H2. The van der Waals surface area contributed by atoms with E-state index < -0.39 is 0 Å². The second kappa shape index (κ2) is 18.3. The first-order valence-corrected chi connectivity index (χ1v) is 14.1. The molecule has 0 amide bonds. The topological polar surface area (TPSA) is 63.6 Å². The van der Waals surface area contributed by atoms with Crippen LogP contribution in [0.4, 0.5) is 0 Å². The summed E-state index contributed by atoms with van der Waals surface area (Å²) in [6, 6.07) is 6.37. The fraction of sp³-hybridized carbons (Fsp3) is 0.700. The fourth-order valence-electron chi connectivity index (χ4n) is 3.80. The predicted molar refractivity (Wildman–Crippen MR) is 152 cm³/mol. The van der Waals surface area contributed by atoms with E-state index in [1.165, 1.54) is 56.6 Å². The van der Waals surface area contributed by atoms with Crippen LogP contribution in [0.15, 0.2) is 30.6 Å². The maximum atomic E-state index is 4.94. The highest BCUT2D eigenvalue weighted by Gasteiger charge is 2.14. The Morgan fingerprint density at radius 3 is 1.76 bits per heavy atom. The van der Waals surface area contributed by atoms with E-state index in [0.29, 0.717) is 11.8 Å². The highest BCUT2D eigenvalue weighted by molar-refractivity contribution is 5.14. The molecule has 0 saturated carbocycles. The number of ether oxygens (including phenoxy) is 2. The van der Waals surface area contributed by atoms with Gasteiger partial charge < -0.3 is 14.4 Å². The molecule has 0 unspecified atom stereocenters. The van der Waals surface area contributed by atoms with Gasteiger partial charge in [0.2, 0.25) is 0 Å². The van der Waals surface area contributed by atoms with Gasteiger partial charge in [-0.15, -0.1) is 0 Å². The average Bonchev–Trinajstić information content (AvgIpc) is 3.61. The molecule has 3 fully saturated rings. The van der Waals surface area contributed by atoms with Gasteiger partial charge in [-0.3, -0.25) is 19.9 Å². The lowest BCUT2D eigenvalue weighted by Crippen LogP contribution is -2.36. The van der Waals surface area contributed by atoms with E-state index in [-0.39, 0.29) is 0 Å². The molecule has 3 saturated heterocycles. The highest BCUT2D eigenvalue weighted by Crippen LogP contribution is 2.15. The summed E-state index contributed by atoms with van der Waals surface area (Å²) < 4.78 is 9.89. The van der Waals surface area contributed by atoms with Gasteiger partial charge in [-0.1, -0.05) is 33.8 Å². The molecule has 0 radical (unpaired) electrons. The minimum atomic E-state index is 0.453. The predicted octanol–water partition coefficient (Wildman–Crippen LogP) is 5.67. The van der Waals surface area contributed by atoms with Gasteiger partial charge in [-0.2, -0.15) is 0 Å². The smallest absolute Gasteiger partial charge is 0.0730 e. The Hall–Kier alpha value is -1.93. The van der Waals surface area contributed by atoms with Crippen molar-refractivity contribution in [3.63, 3.8) is 0 Å². The van der Waals surface area contributed by atoms with E-state index in [0.717, 1.165) is 50.9 Å². The molecular weight excluding hydrogens is 462 g/mol. The molecule has 3 aliphatic rings. The summed E-state index contributed by atoms with van der Waals surface area (Å²) in [4.78, 5) is 17.9. The Kier molecular flexibility index (Phi) is 15.5. The van der Waals surface area contributed by atoms with Gasteiger partial charge in [-0.05, 0) is 83.3 Å². The van der Waals surface area contributed by atoms with Crippen LogP contribution < -0.4 is 0 Å². The summed E-state index contributed by atoms with van der Waals surface area (Å²) in [6.07, 6.45) is 10.1. The van der Waals surface area contributed by atoms with Crippen molar-refractivity contribution in [3.8, 4) is 0 Å². The first kappa shape index (κ1) is 31.3. The van der Waals surface area contributed by atoms with Crippen LogP contribution in [-0.2, 0) is 22.6 Å². The minimum absolute atomic E-state index is 0.453. The largest absolute Gasteiger partial charge is 0.381 e. The first-order chi connectivity index (χ1) is 17.8. The van der Waals surface area contributed by atoms with Crippen molar-refractivity contribution in [1.29, 1.82) is 0 Å². The van der Waals surface area contributed by atoms with Crippen molar-refractivity contribution < 1.29 is 9.47 Å². The number of likely N-dealkylation sites (tertiary alicyclic amines) is 1. The Balaban J connectivity index is 0.000000191. The van der Waals surface area contributed by atoms with E-state index in [1.807, 2.05) is 26.5 Å². The molecule has 0 aliphatic carbocycles. The van der Waals surface area contributed by atoms with Gasteiger partial charge in [0.1, 0.15) is 0 Å². The highest BCUT2D eigenvalue weighted by atomic mass is 16.5. The SMILES string of the molecule is C1CCOC1.C1CCOC1.CC(C)c1cccc(CN2CCC2)n1.CC(C)c1cncc(CN(C)C)n1. The molecule has 5 rings (SSSR count). The average molecular weight is 514 g/mol. The van der Waals surface area contributed by atoms with E-state index in [4.69, 9.17) is 9.47 Å². The number of nitrogens with zero attached hydrogens (tertiary/aromatic N) is 5. The van der Waals surface area contributed by atoms with E-state index in [1.54, 1.807) is 0 Å². The van der Waals surface area contributed by atoms with Crippen molar-refractivity contribution >= 4 is 0 Å². The van der Waals surface area contributed by atoms with Crippen molar-refractivity contribution in [1.82, 2.24) is 24.8 Å². The summed E-state index contributed by atoms with van der Waals surface area (Å²) in [5, 5.41) is 0. The molecule has 7 heteroatoms. The van der Waals surface area contributed by atoms with Crippen molar-refractivity contribution in [3.05, 3.63) is 53.4 Å². The van der Waals surface area contributed by atoms with Crippen molar-refractivity contribution in [2.24, 2.45) is 0 Å². The number of pyridine rings is 1. The van der Waals surface area contributed by atoms with Crippen LogP contribution in [0.3, 0.4) is 0 Å². The van der Waals surface area contributed by atoms with Gasteiger partial charge in [0.25, 0.3) is 0 Å². The van der Waals surface area contributed by atoms with Gasteiger partial charge in [0, 0.05) is 57.6 Å². The number of hydrogen-bond donors (Lipinski definition) is 0. The minimum Gasteiger partial charge on any atom is -0.381 e. The van der Waals surface area contributed by atoms with Gasteiger partial charge in [-0.25, -0.2) is 0 Å². The molecule has 208 valence electrons. The third-order valence-corrected chi connectivity index (χ3v) is 6.18. The lowest BCUT2D eigenvalue weighted by molar-refractivity contribution is 0.170. The Morgan fingerprint density at radius 1 is 0.757 bits per heavy atom. The molecule has 3 aliphatic heterocycles. The van der Waals surface area contributed by atoms with E-state index in [2.05, 4.69) is 70.6 Å². The maximum Gasteiger partial charge on any atom is 0.0730 e. The zero-order valence-electron chi connectivity index (χ0n) is 24.3. The zero-order valence-corrected chi connectivity index (χ0v) is 24.3. The molecule has 2 aromatic heterocycles. The molecule has 5 heterocycles. The zero-order chi connectivity index (χ0) is 26.9. The molecule has 37 heavy (non-hydrogen) atoms. The summed E-state index contributed by atoms with van der Waals surface area (Å²) in [5.41, 5.74) is 4.54. The quantitative estimate of drug-likeness (QED) is 0.493. The molecule has 0 N–H and O–H groups in total. The molecule has 0 bridgehead atoms. The molecule has 0 atom stereocenters. The third-order valence-electron chi connectivity index (χ3n) is 6.18. The lowest BCUT2D eigenvalue weighted by Gasteiger charge is -2.30. The van der Waals surface area contributed by atoms with Crippen molar-refractivity contribution in [2.45, 2.75) is 84.7 Å². The van der Waals surface area contributed by atoms with Crippen LogP contribution in [0.25, 0.3) is 0 Å².